The van der Waals surface area contributed by atoms with Crippen LogP contribution >= 0.6 is 11.6 Å². The minimum atomic E-state index is -0.429. The Kier molecular flexibility index (Phi) is 9.04. The summed E-state index contributed by atoms with van der Waals surface area (Å²) >= 11 is 6.32. The zero-order valence-electron chi connectivity index (χ0n) is 21.7. The zero-order chi connectivity index (χ0) is 27.1. The van der Waals surface area contributed by atoms with Gasteiger partial charge in [-0.15, -0.1) is 0 Å². The number of hydrogen-bond acceptors (Lipinski definition) is 6. The minimum Gasteiger partial charge on any atom is -0.490 e. The number of hydrogen-bond donors (Lipinski definition) is 1. The lowest BCUT2D eigenvalue weighted by Crippen LogP contribution is -2.43. The Labute approximate surface area is 226 Å². The normalized spacial score (nSPS) is 13.5. The lowest BCUT2D eigenvalue weighted by atomic mass is 10.2. The molecule has 1 aliphatic heterocycles. The van der Waals surface area contributed by atoms with Crippen molar-refractivity contribution >= 4 is 29.6 Å². The molecule has 0 radical (unpaired) electrons. The van der Waals surface area contributed by atoms with Crippen molar-refractivity contribution in [1.29, 1.82) is 0 Å². The van der Waals surface area contributed by atoms with Gasteiger partial charge in [-0.05, 0) is 74.9 Å². The molecule has 0 bridgehead atoms. The summed E-state index contributed by atoms with van der Waals surface area (Å²) in [6.45, 7) is 8.37. The van der Waals surface area contributed by atoms with Crippen molar-refractivity contribution in [3.8, 4) is 17.2 Å². The van der Waals surface area contributed by atoms with Crippen molar-refractivity contribution in [2.24, 2.45) is 5.10 Å². The number of nitrogens with one attached hydrogen (secondary N) is 1. The molecule has 3 aromatic rings. The van der Waals surface area contributed by atoms with E-state index >= 15 is 0 Å². The molecule has 1 aromatic heterocycles. The monoisotopic (exact) mass is 538 g/mol. The molecule has 2 amide bonds. The number of carbonyl (C=O) groups excluding carboxylic acids is 2. The summed E-state index contributed by atoms with van der Waals surface area (Å²) in [6.07, 6.45) is 1.50. The molecule has 0 saturated carbocycles. The Hall–Kier alpha value is -3.82. The number of aromatic nitrogens is 1. The first-order valence-electron chi connectivity index (χ1n) is 12.4. The van der Waals surface area contributed by atoms with E-state index in [1.54, 1.807) is 35.2 Å². The smallest absolute Gasteiger partial charge is 0.272 e. The minimum absolute atomic E-state index is 0.0918. The van der Waals surface area contributed by atoms with Crippen LogP contribution in [0.15, 0.2) is 53.6 Å². The lowest BCUT2D eigenvalue weighted by molar-refractivity contribution is -0.137. The number of carbonyl (C=O) groups is 2. The lowest BCUT2D eigenvalue weighted by Gasteiger charge is -2.26. The number of ether oxygens (including phenoxy) is 3. The molecular weight excluding hydrogens is 508 g/mol. The van der Waals surface area contributed by atoms with Crippen LogP contribution in [0.3, 0.4) is 0 Å². The quantitative estimate of drug-likeness (QED) is 0.326. The van der Waals surface area contributed by atoms with Gasteiger partial charge in [0.1, 0.15) is 0 Å². The Morgan fingerprint density at radius 1 is 1.03 bits per heavy atom. The number of nitrogens with zero attached hydrogens (tertiary/aromatic N) is 3. The third kappa shape index (κ3) is 6.54. The van der Waals surface area contributed by atoms with E-state index in [-0.39, 0.29) is 12.5 Å². The van der Waals surface area contributed by atoms with Crippen molar-refractivity contribution in [1.82, 2.24) is 14.9 Å². The zero-order valence-corrected chi connectivity index (χ0v) is 22.5. The largest absolute Gasteiger partial charge is 0.490 e. The molecule has 38 heavy (non-hydrogen) atoms. The van der Waals surface area contributed by atoms with Gasteiger partial charge in [-0.1, -0.05) is 11.6 Å². The molecule has 9 nitrogen and oxygen atoms in total. The molecule has 10 heteroatoms. The van der Waals surface area contributed by atoms with E-state index in [0.717, 1.165) is 17.1 Å². The topological polar surface area (TPSA) is 94.4 Å². The van der Waals surface area contributed by atoms with E-state index in [1.165, 1.54) is 6.21 Å². The highest BCUT2D eigenvalue weighted by atomic mass is 35.5. The maximum absolute atomic E-state index is 12.8. The summed E-state index contributed by atoms with van der Waals surface area (Å²) in [5.41, 5.74) is 6.48. The van der Waals surface area contributed by atoms with Crippen LogP contribution in [0.5, 0.6) is 11.5 Å². The van der Waals surface area contributed by atoms with Gasteiger partial charge in [0.25, 0.3) is 11.8 Å². The van der Waals surface area contributed by atoms with E-state index in [9.17, 15) is 9.59 Å². The number of morpholine rings is 1. The molecule has 1 aliphatic rings. The Bertz CT molecular complexity index is 1310. The van der Waals surface area contributed by atoms with E-state index in [1.807, 2.05) is 43.5 Å². The van der Waals surface area contributed by atoms with Crippen LogP contribution in [0, 0.1) is 13.8 Å². The maximum atomic E-state index is 12.8. The fraction of sp³-hybridized carbons (Fsp3) is 0.321. The molecule has 2 aromatic carbocycles. The second-order valence-corrected chi connectivity index (χ2v) is 9.14. The van der Waals surface area contributed by atoms with E-state index < -0.39 is 5.91 Å². The van der Waals surface area contributed by atoms with Crippen molar-refractivity contribution in [3.63, 3.8) is 0 Å². The van der Waals surface area contributed by atoms with Crippen LogP contribution < -0.4 is 14.9 Å². The number of amides is 2. The van der Waals surface area contributed by atoms with Gasteiger partial charge in [0.15, 0.2) is 18.1 Å². The molecule has 0 spiro atoms. The highest BCUT2D eigenvalue weighted by Crippen LogP contribution is 2.28. The summed E-state index contributed by atoms with van der Waals surface area (Å²) in [5.74, 6) is 0.399. The fourth-order valence-electron chi connectivity index (χ4n) is 4.16. The van der Waals surface area contributed by atoms with Crippen LogP contribution in [-0.4, -0.2) is 67.0 Å². The molecular formula is C28H31ClN4O5. The predicted octanol–water partition coefficient (Wildman–Crippen LogP) is 4.15. The highest BCUT2D eigenvalue weighted by Gasteiger charge is 2.18. The molecule has 0 unspecified atom stereocenters. The van der Waals surface area contributed by atoms with Crippen LogP contribution in [0.1, 0.15) is 34.2 Å². The van der Waals surface area contributed by atoms with Gasteiger partial charge in [0, 0.05) is 30.2 Å². The van der Waals surface area contributed by atoms with Crippen molar-refractivity contribution in [2.75, 3.05) is 39.5 Å². The number of rotatable bonds is 9. The van der Waals surface area contributed by atoms with Gasteiger partial charge in [-0.3, -0.25) is 9.59 Å². The number of hydrazone groups is 1. The van der Waals surface area contributed by atoms with Crippen molar-refractivity contribution < 1.29 is 23.8 Å². The summed E-state index contributed by atoms with van der Waals surface area (Å²) in [7, 11) is 0. The maximum Gasteiger partial charge on any atom is 0.272 e. The van der Waals surface area contributed by atoms with E-state index in [0.29, 0.717) is 60.6 Å². The highest BCUT2D eigenvalue weighted by molar-refractivity contribution is 6.33. The van der Waals surface area contributed by atoms with Gasteiger partial charge in [0.05, 0.1) is 36.6 Å². The third-order valence-electron chi connectivity index (χ3n) is 6.09. The Morgan fingerprint density at radius 2 is 1.76 bits per heavy atom. The summed E-state index contributed by atoms with van der Waals surface area (Å²) in [4.78, 5) is 27.0. The van der Waals surface area contributed by atoms with Crippen LogP contribution in [0.25, 0.3) is 5.69 Å². The summed E-state index contributed by atoms with van der Waals surface area (Å²) < 4.78 is 18.8. The Balaban J connectivity index is 1.42. The number of aryl methyl sites for hydroxylation is 2. The van der Waals surface area contributed by atoms with E-state index in [4.69, 9.17) is 25.8 Å². The average Bonchev–Trinajstić information content (AvgIpc) is 3.26. The van der Waals surface area contributed by atoms with Crippen LogP contribution in [0.2, 0.25) is 5.02 Å². The van der Waals surface area contributed by atoms with Gasteiger partial charge in [0.2, 0.25) is 0 Å². The van der Waals surface area contributed by atoms with Crippen LogP contribution in [-0.2, 0) is 9.53 Å². The van der Waals surface area contributed by atoms with Crippen molar-refractivity contribution in [3.05, 3.63) is 76.1 Å². The predicted molar refractivity (Wildman–Crippen MR) is 146 cm³/mol. The first-order valence-corrected chi connectivity index (χ1v) is 12.8. The number of halogens is 1. The fourth-order valence-corrected chi connectivity index (χ4v) is 4.37. The Morgan fingerprint density at radius 3 is 2.47 bits per heavy atom. The molecule has 200 valence electrons. The second kappa shape index (κ2) is 12.6. The van der Waals surface area contributed by atoms with Crippen molar-refractivity contribution in [2.45, 2.75) is 20.8 Å². The van der Waals surface area contributed by atoms with Gasteiger partial charge in [-0.2, -0.15) is 5.10 Å². The molecule has 2 heterocycles. The molecule has 0 atom stereocenters. The van der Waals surface area contributed by atoms with Gasteiger partial charge in [-0.25, -0.2) is 5.43 Å². The molecule has 1 saturated heterocycles. The SMILES string of the molecule is CCOc1cc(C=NNC(=O)c2cc(-n3c(C)ccc3C)ccc2Cl)ccc1OCC(=O)N1CCOCC1. The molecule has 1 fully saturated rings. The summed E-state index contributed by atoms with van der Waals surface area (Å²) in [5, 5.41) is 4.42. The first kappa shape index (κ1) is 27.2. The third-order valence-corrected chi connectivity index (χ3v) is 6.42. The van der Waals surface area contributed by atoms with Gasteiger partial charge < -0.3 is 23.7 Å². The second-order valence-electron chi connectivity index (χ2n) is 8.74. The molecule has 0 aliphatic carbocycles. The van der Waals surface area contributed by atoms with Gasteiger partial charge >= 0.3 is 0 Å². The standard InChI is InChI=1S/C28H31ClN4O5/c1-4-37-26-15-21(7-10-25(26)38-18-27(34)32-11-13-36-14-12-32)17-30-31-28(35)23-16-22(8-9-24(23)29)33-19(2)5-6-20(33)3/h5-10,15-17H,4,11-14,18H2,1-3H3,(H,31,35). The molecule has 1 N–H and O–H groups in total. The number of benzene rings is 2. The summed E-state index contributed by atoms with van der Waals surface area (Å²) in [6, 6.07) is 14.6. The van der Waals surface area contributed by atoms with E-state index in [2.05, 4.69) is 10.5 Å². The van der Waals surface area contributed by atoms with Crippen LogP contribution in [0.4, 0.5) is 0 Å². The molecule has 4 rings (SSSR count). The first-order chi connectivity index (χ1) is 18.4. The average molecular weight is 539 g/mol.